The number of nitro benzene ring substituents is 1. The van der Waals surface area contributed by atoms with Gasteiger partial charge in [-0.2, -0.15) is 0 Å². The number of esters is 1. The molecule has 4 rings (SSSR count). The summed E-state index contributed by atoms with van der Waals surface area (Å²) in [6, 6.07) is 23.7. The number of rotatable bonds is 11. The van der Waals surface area contributed by atoms with Gasteiger partial charge in [0, 0.05) is 29.4 Å². The van der Waals surface area contributed by atoms with E-state index in [1.807, 2.05) is 36.4 Å². The summed E-state index contributed by atoms with van der Waals surface area (Å²) in [5, 5.41) is 30.9. The topological polar surface area (TPSA) is 130 Å². The Hall–Kier alpha value is -4.39. The molecule has 0 spiro atoms. The fraction of sp³-hybridized carbons (Fsp3) is 0.324. The Kier molecular flexibility index (Phi) is 13.2. The number of hydrogen-bond acceptors (Lipinski definition) is 8. The third-order valence-corrected chi connectivity index (χ3v) is 8.08. The van der Waals surface area contributed by atoms with E-state index in [0.717, 1.165) is 0 Å². The van der Waals surface area contributed by atoms with E-state index < -0.39 is 34.5 Å². The summed E-state index contributed by atoms with van der Waals surface area (Å²) in [7, 11) is 0. The van der Waals surface area contributed by atoms with Gasteiger partial charge in [-0.15, -0.1) is 0 Å². The van der Waals surface area contributed by atoms with Crippen LogP contribution in [0, 0.1) is 16.0 Å². The number of nitrogens with zero attached hydrogens (tertiary/aromatic N) is 1. The molecule has 1 unspecified atom stereocenters. The Balaban J connectivity index is 0.000000738. The van der Waals surface area contributed by atoms with Crippen LogP contribution in [-0.4, -0.2) is 46.3 Å². The number of benzene rings is 3. The minimum atomic E-state index is -1.47. The Labute approximate surface area is 280 Å². The third kappa shape index (κ3) is 9.80. The number of cyclic esters (lactones) is 1. The predicted molar refractivity (Wildman–Crippen MR) is 186 cm³/mol. The monoisotopic (exact) mass is 664 g/mol. The van der Waals surface area contributed by atoms with Crippen LogP contribution in [0.3, 0.4) is 0 Å². The zero-order valence-electron chi connectivity index (χ0n) is 26.6. The minimum Gasteiger partial charge on any atom is -0.575 e. The Morgan fingerprint density at radius 1 is 0.826 bits per heavy atom. The van der Waals surface area contributed by atoms with E-state index in [1.54, 1.807) is 29.2 Å². The van der Waals surface area contributed by atoms with E-state index >= 15 is 0 Å². The van der Waals surface area contributed by atoms with Crippen LogP contribution in [0.1, 0.15) is 46.1 Å². The second-order valence-electron chi connectivity index (χ2n) is 10.9. The highest BCUT2D eigenvalue weighted by atomic mass is 32.1. The van der Waals surface area contributed by atoms with Gasteiger partial charge in [0.15, 0.2) is 5.79 Å². The fourth-order valence-corrected chi connectivity index (χ4v) is 5.72. The summed E-state index contributed by atoms with van der Waals surface area (Å²) in [4.78, 5) is 26.1. The highest BCUT2D eigenvalue weighted by molar-refractivity contribution is 7.82. The molecular formula is C34H40N4O6S2. The number of para-hydroxylation sites is 2. The molecule has 3 aromatic carbocycles. The van der Waals surface area contributed by atoms with E-state index in [4.69, 9.17) is 33.9 Å². The molecule has 46 heavy (non-hydrogen) atoms. The van der Waals surface area contributed by atoms with Gasteiger partial charge in [-0.1, -0.05) is 73.0 Å². The molecule has 12 heteroatoms. The number of carbonyl (C=O) groups excluding carboxylic acids is 1. The van der Waals surface area contributed by atoms with Gasteiger partial charge in [-0.05, 0) is 64.4 Å². The van der Waals surface area contributed by atoms with Gasteiger partial charge < -0.3 is 30.1 Å². The zero-order valence-corrected chi connectivity index (χ0v) is 28.2. The van der Waals surface area contributed by atoms with Crippen molar-refractivity contribution in [2.24, 2.45) is 5.92 Å². The van der Waals surface area contributed by atoms with Crippen LogP contribution in [0.5, 0.6) is 0 Å². The van der Waals surface area contributed by atoms with Crippen molar-refractivity contribution in [3.05, 3.63) is 112 Å². The average molecular weight is 665 g/mol. The van der Waals surface area contributed by atoms with Gasteiger partial charge >= 0.3 is 5.97 Å². The van der Waals surface area contributed by atoms with E-state index in [9.17, 15) is 20.0 Å². The van der Waals surface area contributed by atoms with Crippen molar-refractivity contribution in [2.75, 3.05) is 30.3 Å². The van der Waals surface area contributed by atoms with Crippen molar-refractivity contribution in [3.63, 3.8) is 0 Å². The summed E-state index contributed by atoms with van der Waals surface area (Å²) in [6.07, 6.45) is 0. The smallest absolute Gasteiger partial charge is 0.337 e. The lowest BCUT2D eigenvalue weighted by molar-refractivity contribution is -0.894. The first-order valence-electron chi connectivity index (χ1n) is 15.0. The molecule has 1 aliphatic heterocycles. The van der Waals surface area contributed by atoms with Crippen molar-refractivity contribution in [1.82, 2.24) is 0 Å². The Bertz CT molecular complexity index is 1470. The van der Waals surface area contributed by atoms with Crippen molar-refractivity contribution in [2.45, 2.75) is 46.3 Å². The molecule has 0 bridgehead atoms. The molecule has 0 saturated heterocycles. The highest BCUT2D eigenvalue weighted by Crippen LogP contribution is 2.40. The lowest BCUT2D eigenvalue weighted by atomic mass is 9.79. The van der Waals surface area contributed by atoms with E-state index in [2.05, 4.69) is 31.4 Å². The largest absolute Gasteiger partial charge is 0.575 e. The summed E-state index contributed by atoms with van der Waals surface area (Å²) >= 11 is 11.6. The first kappa shape index (κ1) is 36.1. The predicted octanol–water partition coefficient (Wildman–Crippen LogP) is 4.99. The summed E-state index contributed by atoms with van der Waals surface area (Å²) in [6.45, 7) is 13.4. The van der Waals surface area contributed by atoms with Gasteiger partial charge in [0.25, 0.3) is 5.69 Å². The van der Waals surface area contributed by atoms with Gasteiger partial charge in [-0.3, -0.25) is 10.1 Å². The lowest BCUT2D eigenvalue weighted by Gasteiger charge is -2.42. The minimum absolute atomic E-state index is 0.163. The van der Waals surface area contributed by atoms with Gasteiger partial charge in [0.1, 0.15) is 0 Å². The summed E-state index contributed by atoms with van der Waals surface area (Å²) in [5.74, 6) is -5.33. The van der Waals surface area contributed by atoms with Crippen LogP contribution in [0.2, 0.25) is 0 Å². The molecule has 0 radical (unpaired) electrons. The number of quaternary nitrogens is 1. The van der Waals surface area contributed by atoms with Crippen LogP contribution in [0.15, 0.2) is 96.4 Å². The molecule has 1 aliphatic rings. The molecule has 0 fully saturated rings. The second-order valence-corrected chi connectivity index (χ2v) is 11.8. The number of anilines is 2. The van der Waals surface area contributed by atoms with Crippen LogP contribution in [0.4, 0.5) is 17.1 Å². The molecule has 0 aliphatic carbocycles. The number of hydrogen-bond donors (Lipinski definition) is 3. The van der Waals surface area contributed by atoms with Crippen molar-refractivity contribution >= 4 is 57.4 Å². The van der Waals surface area contributed by atoms with Crippen LogP contribution in [0.25, 0.3) is 0 Å². The number of non-ortho nitro benzene ring substituents is 1. The molecule has 10 nitrogen and oxygen atoms in total. The quantitative estimate of drug-likeness (QED) is 0.112. The van der Waals surface area contributed by atoms with Crippen LogP contribution in [-0.2, 0) is 14.3 Å². The van der Waals surface area contributed by atoms with Gasteiger partial charge in [0.2, 0.25) is 0 Å². The molecule has 1 heterocycles. The Morgan fingerprint density at radius 2 is 1.28 bits per heavy atom. The van der Waals surface area contributed by atoms with Gasteiger partial charge in [-0.25, -0.2) is 4.79 Å². The standard InChI is InChI=1S/C28H25N3O6S2.C6H15N/c1-28(2)36-26(32)23(27(33)37-28)21(17-13-15-20(16-14-17)31(34)35)22(24(38)29-18-9-5-3-6-10-18)25(39)30-19-11-7-4-8-12-19;1-4-7(5-2)6-3/h3-16,21-22,32H,1-2H3,(H,29,38)(H,30,39);4-6H2,1-3H3. The number of nitro groups is 1. The SMILES string of the molecule is CC1(C)OC(=O)C(C(c2ccc([N+](=O)[O-])cc2)C(C(=S)Nc2ccccc2)C(=S)Nc2ccccc2)=C([O-])O1.CC[NH+](CC)CC. The van der Waals surface area contributed by atoms with Gasteiger partial charge in [0.05, 0.1) is 52.0 Å². The number of nitrogens with one attached hydrogen (secondary N) is 3. The van der Waals surface area contributed by atoms with Crippen molar-refractivity contribution in [3.8, 4) is 0 Å². The van der Waals surface area contributed by atoms with Crippen molar-refractivity contribution in [1.29, 1.82) is 0 Å². The van der Waals surface area contributed by atoms with Crippen molar-refractivity contribution < 1.29 is 29.2 Å². The maximum absolute atomic E-state index is 13.3. The Morgan fingerprint density at radius 3 is 1.65 bits per heavy atom. The zero-order chi connectivity index (χ0) is 33.9. The average Bonchev–Trinajstić information content (AvgIpc) is 3.02. The fourth-order valence-electron chi connectivity index (χ4n) is 4.90. The first-order chi connectivity index (χ1) is 21.9. The lowest BCUT2D eigenvalue weighted by Crippen LogP contribution is -3.11. The third-order valence-electron chi connectivity index (χ3n) is 7.37. The van der Waals surface area contributed by atoms with Crippen LogP contribution >= 0.6 is 24.4 Å². The molecule has 3 aromatic rings. The molecule has 0 amide bonds. The molecular weight excluding hydrogens is 625 g/mol. The van der Waals surface area contributed by atoms with E-state index in [1.165, 1.54) is 57.7 Å². The molecule has 0 aromatic heterocycles. The number of carbonyl (C=O) groups is 1. The van der Waals surface area contributed by atoms with E-state index in [0.29, 0.717) is 16.9 Å². The maximum atomic E-state index is 13.3. The second kappa shape index (κ2) is 16.8. The first-order valence-corrected chi connectivity index (χ1v) is 15.9. The maximum Gasteiger partial charge on any atom is 0.337 e. The molecule has 3 N–H and O–H groups in total. The molecule has 0 saturated carbocycles. The highest BCUT2D eigenvalue weighted by Gasteiger charge is 2.41. The normalized spacial score (nSPS) is 14.4. The number of ether oxygens (including phenoxy) is 2. The summed E-state index contributed by atoms with van der Waals surface area (Å²) in [5.41, 5.74) is 1.21. The summed E-state index contributed by atoms with van der Waals surface area (Å²) < 4.78 is 10.8. The number of thiocarbonyl (C=S) groups is 2. The van der Waals surface area contributed by atoms with Crippen LogP contribution < -0.4 is 20.6 Å². The molecule has 244 valence electrons. The van der Waals surface area contributed by atoms with E-state index in [-0.39, 0.29) is 21.2 Å². The molecule has 1 atom stereocenters.